The van der Waals surface area contributed by atoms with Gasteiger partial charge in [-0.2, -0.15) is 0 Å². The van der Waals surface area contributed by atoms with Crippen molar-refractivity contribution in [2.24, 2.45) is 11.3 Å². The lowest BCUT2D eigenvalue weighted by atomic mass is 9.64. The van der Waals surface area contributed by atoms with Crippen molar-refractivity contribution in [3.8, 4) is 0 Å². The SMILES string of the molecule is CC1CC(C)(C)CC(O)(c2cccc(Cl)c2Cl)C1. The Kier molecular flexibility index (Phi) is 3.70. The highest BCUT2D eigenvalue weighted by Crippen LogP contribution is 2.50. The standard InChI is InChI=1S/C15H20Cl2O/c1-10-7-14(2,3)9-15(18,8-10)11-5-4-6-12(16)13(11)17/h4-6,10,18H,7-9H2,1-3H3. The summed E-state index contributed by atoms with van der Waals surface area (Å²) in [6.07, 6.45) is 2.61. The van der Waals surface area contributed by atoms with Crippen LogP contribution >= 0.6 is 23.2 Å². The summed E-state index contributed by atoms with van der Waals surface area (Å²) in [7, 11) is 0. The fourth-order valence-corrected chi connectivity index (χ4v) is 4.07. The van der Waals surface area contributed by atoms with Gasteiger partial charge in [-0.05, 0) is 36.7 Å². The van der Waals surface area contributed by atoms with Crippen LogP contribution in [0.3, 0.4) is 0 Å². The van der Waals surface area contributed by atoms with Gasteiger partial charge in [-0.15, -0.1) is 0 Å². The molecule has 1 aromatic rings. The minimum Gasteiger partial charge on any atom is -0.385 e. The molecular formula is C15H20Cl2O. The second kappa shape index (κ2) is 4.70. The van der Waals surface area contributed by atoms with Gasteiger partial charge < -0.3 is 5.11 Å². The Morgan fingerprint density at radius 2 is 1.89 bits per heavy atom. The van der Waals surface area contributed by atoms with Gasteiger partial charge in [-0.25, -0.2) is 0 Å². The molecule has 1 saturated carbocycles. The molecule has 1 nitrogen and oxygen atoms in total. The number of halogens is 2. The fourth-order valence-electron chi connectivity index (χ4n) is 3.60. The van der Waals surface area contributed by atoms with Crippen molar-refractivity contribution < 1.29 is 5.11 Å². The smallest absolute Gasteiger partial charge is 0.0919 e. The second-order valence-electron chi connectivity index (χ2n) is 6.49. The zero-order chi connectivity index (χ0) is 13.6. The van der Waals surface area contributed by atoms with Crippen LogP contribution < -0.4 is 0 Å². The molecular weight excluding hydrogens is 267 g/mol. The van der Waals surface area contributed by atoms with Crippen LogP contribution in [-0.2, 0) is 5.60 Å². The molecule has 0 bridgehead atoms. The van der Waals surface area contributed by atoms with Crippen molar-refractivity contribution in [2.75, 3.05) is 0 Å². The van der Waals surface area contributed by atoms with E-state index in [0.29, 0.717) is 16.0 Å². The number of hydrogen-bond donors (Lipinski definition) is 1. The molecule has 100 valence electrons. The Hall–Kier alpha value is -0.240. The van der Waals surface area contributed by atoms with Gasteiger partial charge in [0, 0.05) is 5.56 Å². The first-order chi connectivity index (χ1) is 8.23. The van der Waals surface area contributed by atoms with E-state index in [1.165, 1.54) is 0 Å². The maximum atomic E-state index is 11.0. The molecule has 0 saturated heterocycles. The Bertz CT molecular complexity index is 456. The number of rotatable bonds is 1. The molecule has 2 unspecified atom stereocenters. The van der Waals surface area contributed by atoms with Crippen LogP contribution in [-0.4, -0.2) is 5.11 Å². The van der Waals surface area contributed by atoms with Crippen LogP contribution in [0.2, 0.25) is 10.0 Å². The highest BCUT2D eigenvalue weighted by Gasteiger charge is 2.43. The van der Waals surface area contributed by atoms with Crippen molar-refractivity contribution in [3.05, 3.63) is 33.8 Å². The van der Waals surface area contributed by atoms with Crippen LogP contribution in [0.15, 0.2) is 18.2 Å². The number of aliphatic hydroxyl groups is 1. The molecule has 1 aromatic carbocycles. The topological polar surface area (TPSA) is 20.2 Å². The molecule has 0 amide bonds. The average Bonchev–Trinajstić information content (AvgIpc) is 2.18. The lowest BCUT2D eigenvalue weighted by Crippen LogP contribution is -2.40. The Balaban J connectivity index is 2.44. The molecule has 0 aromatic heterocycles. The third-order valence-electron chi connectivity index (χ3n) is 3.81. The number of hydrogen-bond acceptors (Lipinski definition) is 1. The number of benzene rings is 1. The molecule has 18 heavy (non-hydrogen) atoms. The van der Waals surface area contributed by atoms with Crippen LogP contribution in [0.5, 0.6) is 0 Å². The van der Waals surface area contributed by atoms with Crippen LogP contribution in [0, 0.1) is 11.3 Å². The summed E-state index contributed by atoms with van der Waals surface area (Å²) in [5.41, 5.74) is 0.0394. The first-order valence-corrected chi connectivity index (χ1v) is 7.16. The van der Waals surface area contributed by atoms with E-state index < -0.39 is 5.60 Å². The summed E-state index contributed by atoms with van der Waals surface area (Å²) in [5, 5.41) is 12.0. The van der Waals surface area contributed by atoms with Crippen LogP contribution in [0.4, 0.5) is 0 Å². The molecule has 1 aliphatic carbocycles. The first-order valence-electron chi connectivity index (χ1n) is 6.40. The first kappa shape index (κ1) is 14.2. The van der Waals surface area contributed by atoms with Gasteiger partial charge in [0.1, 0.15) is 0 Å². The molecule has 0 aliphatic heterocycles. The third kappa shape index (κ3) is 2.68. The van der Waals surface area contributed by atoms with E-state index in [-0.39, 0.29) is 5.41 Å². The molecule has 0 heterocycles. The van der Waals surface area contributed by atoms with E-state index in [1.54, 1.807) is 6.07 Å². The molecule has 2 atom stereocenters. The quantitative estimate of drug-likeness (QED) is 0.768. The lowest BCUT2D eigenvalue weighted by Gasteiger charge is -2.45. The van der Waals surface area contributed by atoms with Gasteiger partial charge in [-0.1, -0.05) is 56.1 Å². The predicted molar refractivity (Wildman–Crippen MR) is 77.2 cm³/mol. The van der Waals surface area contributed by atoms with E-state index in [2.05, 4.69) is 20.8 Å². The van der Waals surface area contributed by atoms with E-state index >= 15 is 0 Å². The Morgan fingerprint density at radius 3 is 2.50 bits per heavy atom. The van der Waals surface area contributed by atoms with Crippen molar-refractivity contribution in [3.63, 3.8) is 0 Å². The van der Waals surface area contributed by atoms with Gasteiger partial charge in [0.05, 0.1) is 15.6 Å². The van der Waals surface area contributed by atoms with Crippen molar-refractivity contribution in [1.29, 1.82) is 0 Å². The van der Waals surface area contributed by atoms with Gasteiger partial charge in [-0.3, -0.25) is 0 Å². The zero-order valence-corrected chi connectivity index (χ0v) is 12.6. The normalized spacial score (nSPS) is 31.3. The summed E-state index contributed by atoms with van der Waals surface area (Å²) >= 11 is 12.3. The minimum absolute atomic E-state index is 0.123. The highest BCUT2D eigenvalue weighted by atomic mass is 35.5. The predicted octanol–water partition coefficient (Wildman–Crippen LogP) is 5.03. The maximum absolute atomic E-state index is 11.0. The molecule has 0 spiro atoms. The van der Waals surface area contributed by atoms with Crippen LogP contribution in [0.25, 0.3) is 0 Å². The second-order valence-corrected chi connectivity index (χ2v) is 7.27. The van der Waals surface area contributed by atoms with E-state index in [9.17, 15) is 5.11 Å². The third-order valence-corrected chi connectivity index (χ3v) is 4.63. The van der Waals surface area contributed by atoms with Gasteiger partial charge in [0.25, 0.3) is 0 Å². The van der Waals surface area contributed by atoms with Crippen LogP contribution in [0.1, 0.15) is 45.6 Å². The van der Waals surface area contributed by atoms with E-state index in [0.717, 1.165) is 24.8 Å². The molecule has 2 rings (SSSR count). The average molecular weight is 287 g/mol. The summed E-state index contributed by atoms with van der Waals surface area (Å²) < 4.78 is 0. The van der Waals surface area contributed by atoms with Gasteiger partial charge >= 0.3 is 0 Å². The Morgan fingerprint density at radius 1 is 1.22 bits per heavy atom. The minimum atomic E-state index is -0.858. The molecule has 0 radical (unpaired) electrons. The van der Waals surface area contributed by atoms with E-state index in [1.807, 2.05) is 12.1 Å². The maximum Gasteiger partial charge on any atom is 0.0919 e. The lowest BCUT2D eigenvalue weighted by molar-refractivity contribution is -0.0634. The summed E-state index contributed by atoms with van der Waals surface area (Å²) in [6.45, 7) is 6.59. The fraction of sp³-hybridized carbons (Fsp3) is 0.600. The zero-order valence-electron chi connectivity index (χ0n) is 11.1. The molecule has 1 aliphatic rings. The van der Waals surface area contributed by atoms with E-state index in [4.69, 9.17) is 23.2 Å². The largest absolute Gasteiger partial charge is 0.385 e. The summed E-state index contributed by atoms with van der Waals surface area (Å²) in [5.74, 6) is 0.480. The Labute approximate surface area is 119 Å². The van der Waals surface area contributed by atoms with Crippen molar-refractivity contribution in [1.82, 2.24) is 0 Å². The highest BCUT2D eigenvalue weighted by molar-refractivity contribution is 6.42. The summed E-state index contributed by atoms with van der Waals surface area (Å²) in [6, 6.07) is 5.50. The van der Waals surface area contributed by atoms with Gasteiger partial charge in [0.15, 0.2) is 0 Å². The molecule has 1 N–H and O–H groups in total. The summed E-state index contributed by atoms with van der Waals surface area (Å²) in [4.78, 5) is 0. The molecule has 3 heteroatoms. The van der Waals surface area contributed by atoms with Crippen molar-refractivity contribution in [2.45, 2.75) is 45.6 Å². The molecule has 1 fully saturated rings. The monoisotopic (exact) mass is 286 g/mol. The van der Waals surface area contributed by atoms with Gasteiger partial charge in [0.2, 0.25) is 0 Å². The van der Waals surface area contributed by atoms with Crippen molar-refractivity contribution >= 4 is 23.2 Å².